The third-order valence-electron chi connectivity index (χ3n) is 2.34. The molecular weight excluding hydrogens is 332 g/mol. The lowest BCUT2D eigenvalue weighted by molar-refractivity contribution is -0.159. The fraction of sp³-hybridized carbons (Fsp3) is 0.500. The maximum absolute atomic E-state index is 11.3. The number of rotatable bonds is 6. The number of carbonyl (C=O) groups excluding carboxylic acids is 4. The van der Waals surface area contributed by atoms with E-state index in [0.29, 0.717) is 12.2 Å². The monoisotopic (exact) mass is 350 g/mol. The molecule has 0 aliphatic heterocycles. The van der Waals surface area contributed by atoms with Gasteiger partial charge in [-0.1, -0.05) is 13.8 Å². The molecule has 0 aromatic carbocycles. The molecule has 124 valence electrons. The number of nitrogens with two attached hydrogens (primary N) is 2. The smallest absolute Gasteiger partial charge is 0.338 e. The van der Waals surface area contributed by atoms with Crippen molar-refractivity contribution in [3.05, 3.63) is 12.2 Å². The molecule has 0 spiro atoms. The Balaban J connectivity index is 4.42. The van der Waals surface area contributed by atoms with Crippen LogP contribution in [-0.2, 0) is 28.7 Å². The molecule has 0 aliphatic carbocycles. The Morgan fingerprint density at radius 1 is 0.818 bits per heavy atom. The van der Waals surface area contributed by atoms with Crippen molar-refractivity contribution in [2.45, 2.75) is 36.4 Å². The average Bonchev–Trinajstić information content (AvgIpc) is 2.42. The molecule has 0 radical (unpaired) electrons. The van der Waals surface area contributed by atoms with E-state index in [4.69, 9.17) is 11.5 Å². The molecular formula is C12H18N2O6S2. The van der Waals surface area contributed by atoms with Crippen LogP contribution in [0.2, 0.25) is 0 Å². The molecule has 0 saturated heterocycles. The Hall–Kier alpha value is -1.36. The highest BCUT2D eigenvalue weighted by atomic mass is 32.1. The van der Waals surface area contributed by atoms with Gasteiger partial charge in [0.25, 0.3) is 0 Å². The lowest BCUT2D eigenvalue weighted by Crippen LogP contribution is -2.40. The van der Waals surface area contributed by atoms with E-state index in [1.807, 2.05) is 0 Å². The molecule has 10 heteroatoms. The van der Waals surface area contributed by atoms with Crippen molar-refractivity contribution in [2.75, 3.05) is 0 Å². The van der Waals surface area contributed by atoms with Gasteiger partial charge in [0.05, 0.1) is 0 Å². The minimum Gasteiger partial charge on any atom is -0.389 e. The molecule has 0 aromatic heterocycles. The van der Waals surface area contributed by atoms with Crippen LogP contribution in [0.3, 0.4) is 0 Å². The lowest BCUT2D eigenvalue weighted by atomic mass is 10.2. The molecule has 0 aliphatic rings. The second kappa shape index (κ2) is 9.62. The maximum atomic E-state index is 11.3. The van der Waals surface area contributed by atoms with Crippen molar-refractivity contribution >= 4 is 49.1 Å². The van der Waals surface area contributed by atoms with E-state index in [9.17, 15) is 19.2 Å². The van der Waals surface area contributed by atoms with Crippen molar-refractivity contribution in [3.63, 3.8) is 0 Å². The van der Waals surface area contributed by atoms with Crippen LogP contribution < -0.4 is 11.5 Å². The quantitative estimate of drug-likeness (QED) is 0.206. The Kier molecular flexibility index (Phi) is 9.02. The lowest BCUT2D eigenvalue weighted by Gasteiger charge is -2.12. The van der Waals surface area contributed by atoms with E-state index in [1.165, 1.54) is 0 Å². The van der Waals surface area contributed by atoms with Crippen LogP contribution in [0.1, 0.15) is 13.8 Å². The van der Waals surface area contributed by atoms with Gasteiger partial charge in [-0.05, 0) is 0 Å². The molecule has 22 heavy (non-hydrogen) atoms. The second-order valence-electron chi connectivity index (χ2n) is 4.35. The fourth-order valence-electron chi connectivity index (χ4n) is 0.932. The van der Waals surface area contributed by atoms with Crippen LogP contribution >= 0.6 is 25.3 Å². The highest BCUT2D eigenvalue weighted by Crippen LogP contribution is 2.02. The topological polar surface area (TPSA) is 139 Å². The van der Waals surface area contributed by atoms with Crippen molar-refractivity contribution in [2.24, 2.45) is 11.5 Å². The molecule has 4 atom stereocenters. The van der Waals surface area contributed by atoms with Gasteiger partial charge >= 0.3 is 23.9 Å². The molecule has 0 amide bonds. The first-order valence-corrected chi connectivity index (χ1v) is 7.16. The normalized spacial score (nSPS) is 16.5. The summed E-state index contributed by atoms with van der Waals surface area (Å²) in [5.41, 5.74) is 10.8. The van der Waals surface area contributed by atoms with Crippen LogP contribution in [-0.4, -0.2) is 46.5 Å². The van der Waals surface area contributed by atoms with Crippen LogP contribution in [0, 0.1) is 0 Å². The highest BCUT2D eigenvalue weighted by Gasteiger charge is 2.23. The van der Waals surface area contributed by atoms with E-state index < -0.39 is 46.5 Å². The van der Waals surface area contributed by atoms with Crippen LogP contribution in [0.5, 0.6) is 0 Å². The number of carbonyl (C=O) groups is 4. The van der Waals surface area contributed by atoms with E-state index >= 15 is 0 Å². The van der Waals surface area contributed by atoms with Gasteiger partial charge in [-0.3, -0.25) is 0 Å². The number of hydrogen-bond acceptors (Lipinski definition) is 10. The summed E-state index contributed by atoms with van der Waals surface area (Å²) in [6.45, 7) is 3.09. The molecule has 0 heterocycles. The standard InChI is InChI=1S/C12H18N2O6S2/c1-5(21)9(13)11(17)19-7(15)3-4-8(16)20-12(18)10(14)6(2)22/h3-6,9-10,21-22H,13-14H2,1-2H3/b4-3-/t5?,6?,9-,10-/m0/s1. The predicted molar refractivity (Wildman–Crippen MR) is 84.2 cm³/mol. The Bertz CT molecular complexity index is 436. The maximum Gasteiger partial charge on any atom is 0.338 e. The summed E-state index contributed by atoms with van der Waals surface area (Å²) in [4.78, 5) is 45.2. The summed E-state index contributed by atoms with van der Waals surface area (Å²) in [5, 5.41) is -1.03. The Morgan fingerprint density at radius 2 is 1.09 bits per heavy atom. The van der Waals surface area contributed by atoms with Crippen LogP contribution in [0.15, 0.2) is 12.2 Å². The Morgan fingerprint density at radius 3 is 1.32 bits per heavy atom. The van der Waals surface area contributed by atoms with Gasteiger partial charge in [-0.25, -0.2) is 19.2 Å². The van der Waals surface area contributed by atoms with Crippen molar-refractivity contribution in [1.82, 2.24) is 0 Å². The molecule has 0 bridgehead atoms. The molecule has 0 fully saturated rings. The fourth-order valence-corrected chi connectivity index (χ4v) is 1.18. The summed E-state index contributed by atoms with van der Waals surface area (Å²) >= 11 is 7.86. The highest BCUT2D eigenvalue weighted by molar-refractivity contribution is 7.81. The molecule has 4 N–H and O–H groups in total. The van der Waals surface area contributed by atoms with Crippen molar-refractivity contribution < 1.29 is 28.7 Å². The number of ether oxygens (including phenoxy) is 2. The van der Waals surface area contributed by atoms with Crippen molar-refractivity contribution in [1.29, 1.82) is 0 Å². The minimum absolute atomic E-state index is 0.517. The van der Waals surface area contributed by atoms with Gasteiger partial charge in [-0.15, -0.1) is 0 Å². The number of thiol groups is 2. The van der Waals surface area contributed by atoms with Crippen LogP contribution in [0.4, 0.5) is 0 Å². The van der Waals surface area contributed by atoms with Gasteiger partial charge in [0.2, 0.25) is 0 Å². The van der Waals surface area contributed by atoms with E-state index in [0.717, 1.165) is 0 Å². The molecule has 0 saturated carbocycles. The zero-order valence-corrected chi connectivity index (χ0v) is 13.8. The molecule has 0 rings (SSSR count). The van der Waals surface area contributed by atoms with Gasteiger partial charge in [0, 0.05) is 22.7 Å². The molecule has 8 nitrogen and oxygen atoms in total. The first-order chi connectivity index (χ1) is 10.1. The number of hydrogen-bond donors (Lipinski definition) is 4. The second-order valence-corrected chi connectivity index (χ2v) is 5.98. The average molecular weight is 350 g/mol. The van der Waals surface area contributed by atoms with E-state index in [2.05, 4.69) is 34.7 Å². The van der Waals surface area contributed by atoms with Crippen molar-refractivity contribution in [3.8, 4) is 0 Å². The zero-order chi connectivity index (χ0) is 17.4. The first-order valence-electron chi connectivity index (χ1n) is 6.13. The summed E-state index contributed by atoms with van der Waals surface area (Å²) in [6, 6.07) is -2.19. The zero-order valence-electron chi connectivity index (χ0n) is 12.0. The van der Waals surface area contributed by atoms with E-state index in [1.54, 1.807) is 13.8 Å². The number of esters is 4. The predicted octanol–water partition coefficient (Wildman–Crippen LogP) is -1.03. The Labute approximate surface area is 138 Å². The largest absolute Gasteiger partial charge is 0.389 e. The first kappa shape index (κ1) is 20.6. The summed E-state index contributed by atoms with van der Waals surface area (Å²) < 4.78 is 8.69. The van der Waals surface area contributed by atoms with Gasteiger partial charge in [0.15, 0.2) is 0 Å². The summed E-state index contributed by atoms with van der Waals surface area (Å²) in [6.07, 6.45) is 1.25. The summed E-state index contributed by atoms with van der Waals surface area (Å²) in [5.74, 6) is -4.25. The van der Waals surface area contributed by atoms with Crippen LogP contribution in [0.25, 0.3) is 0 Å². The third-order valence-corrected chi connectivity index (χ3v) is 2.98. The molecule has 2 unspecified atom stereocenters. The SMILES string of the molecule is CC(S)[C@H](N)C(=O)OC(=O)/C=C\C(=O)OC(=O)[C@@H](N)C(C)S. The minimum atomic E-state index is -1.13. The molecule has 0 aromatic rings. The van der Waals surface area contributed by atoms with Gasteiger partial charge in [0.1, 0.15) is 12.1 Å². The summed E-state index contributed by atoms with van der Waals surface area (Å²) in [7, 11) is 0. The van der Waals surface area contributed by atoms with Gasteiger partial charge in [-0.2, -0.15) is 25.3 Å². The van der Waals surface area contributed by atoms with Gasteiger partial charge < -0.3 is 20.9 Å². The van der Waals surface area contributed by atoms with E-state index in [-0.39, 0.29) is 0 Å². The third kappa shape index (κ3) is 7.59.